The molecule has 0 saturated heterocycles. The minimum absolute atomic E-state index is 0.251. The van der Waals surface area contributed by atoms with E-state index < -0.39 is 0 Å². The number of benzene rings is 1. The van der Waals surface area contributed by atoms with Crippen LogP contribution in [0.25, 0.3) is 0 Å². The predicted molar refractivity (Wildman–Crippen MR) is 110 cm³/mol. The van der Waals surface area contributed by atoms with Gasteiger partial charge in [0.25, 0.3) is 0 Å². The van der Waals surface area contributed by atoms with Gasteiger partial charge in [0.05, 0.1) is 12.2 Å². The molecule has 0 aliphatic carbocycles. The molecule has 148 valence electrons. The van der Waals surface area contributed by atoms with E-state index in [2.05, 4.69) is 42.2 Å². The van der Waals surface area contributed by atoms with E-state index >= 15 is 0 Å². The molecule has 0 spiro atoms. The number of nitrogens with one attached hydrogen (secondary N) is 1. The highest BCUT2D eigenvalue weighted by molar-refractivity contribution is 5.79. The second-order valence-corrected chi connectivity index (χ2v) is 6.87. The molecule has 27 heavy (non-hydrogen) atoms. The van der Waals surface area contributed by atoms with Gasteiger partial charge in [-0.2, -0.15) is 0 Å². The first kappa shape index (κ1) is 20.8. The van der Waals surface area contributed by atoms with Gasteiger partial charge in [-0.1, -0.05) is 30.3 Å². The van der Waals surface area contributed by atoms with Crippen molar-refractivity contribution >= 4 is 5.96 Å². The Labute approximate surface area is 162 Å². The van der Waals surface area contributed by atoms with E-state index in [-0.39, 0.29) is 5.92 Å². The minimum Gasteiger partial charge on any atom is -0.491 e. The van der Waals surface area contributed by atoms with Crippen molar-refractivity contribution in [2.45, 2.75) is 40.5 Å². The zero-order valence-electron chi connectivity index (χ0n) is 17.4. The number of guanidine groups is 1. The normalized spacial score (nSPS) is 12.7. The molecule has 0 aliphatic heterocycles. The Morgan fingerprint density at radius 1 is 1.30 bits per heavy atom. The van der Waals surface area contributed by atoms with Gasteiger partial charge in [-0.25, -0.2) is 0 Å². The molecule has 0 aliphatic rings. The molecule has 0 bridgehead atoms. The number of para-hydroxylation sites is 1. The van der Waals surface area contributed by atoms with Gasteiger partial charge in [-0.15, -0.1) is 0 Å². The number of hydrogen-bond acceptors (Lipinski definition) is 4. The highest BCUT2D eigenvalue weighted by atomic mass is 16.5. The van der Waals surface area contributed by atoms with Crippen LogP contribution in [0.1, 0.15) is 42.3 Å². The third-order valence-corrected chi connectivity index (χ3v) is 4.57. The number of aromatic nitrogens is 1. The third kappa shape index (κ3) is 5.74. The van der Waals surface area contributed by atoms with Crippen LogP contribution >= 0.6 is 0 Å². The van der Waals surface area contributed by atoms with E-state index in [1.807, 2.05) is 39.1 Å². The first-order valence-corrected chi connectivity index (χ1v) is 9.54. The van der Waals surface area contributed by atoms with Crippen LogP contribution in [0.5, 0.6) is 5.75 Å². The lowest BCUT2D eigenvalue weighted by atomic mass is 10.00. The van der Waals surface area contributed by atoms with Gasteiger partial charge in [0, 0.05) is 31.6 Å². The van der Waals surface area contributed by atoms with Crippen LogP contribution in [0.2, 0.25) is 0 Å². The van der Waals surface area contributed by atoms with Crippen molar-refractivity contribution in [3.05, 3.63) is 46.8 Å². The molecule has 6 nitrogen and oxygen atoms in total. The fourth-order valence-electron chi connectivity index (χ4n) is 3.09. The number of likely N-dealkylation sites (N-methyl/N-ethyl adjacent to an activating group) is 1. The maximum atomic E-state index is 5.91. The topological polar surface area (TPSA) is 62.9 Å². The van der Waals surface area contributed by atoms with Crippen molar-refractivity contribution in [2.24, 2.45) is 4.99 Å². The van der Waals surface area contributed by atoms with E-state index in [1.54, 1.807) is 0 Å². The maximum Gasteiger partial charge on any atom is 0.193 e. The first-order valence-electron chi connectivity index (χ1n) is 9.54. The second kappa shape index (κ2) is 10.00. The van der Waals surface area contributed by atoms with E-state index in [9.17, 15) is 0 Å². The smallest absolute Gasteiger partial charge is 0.193 e. The average Bonchev–Trinajstić information content (AvgIpc) is 2.98. The predicted octanol–water partition coefficient (Wildman–Crippen LogP) is 3.68. The fourth-order valence-corrected chi connectivity index (χ4v) is 3.09. The molecule has 1 aromatic heterocycles. The monoisotopic (exact) mass is 372 g/mol. The Morgan fingerprint density at radius 3 is 2.67 bits per heavy atom. The van der Waals surface area contributed by atoms with Gasteiger partial charge in [-0.3, -0.25) is 4.99 Å². The first-order chi connectivity index (χ1) is 12.9. The summed E-state index contributed by atoms with van der Waals surface area (Å²) in [4.78, 5) is 6.90. The van der Waals surface area contributed by atoms with Gasteiger partial charge >= 0.3 is 0 Å². The maximum absolute atomic E-state index is 5.91. The largest absolute Gasteiger partial charge is 0.491 e. The molecule has 1 aromatic carbocycles. The van der Waals surface area contributed by atoms with Crippen molar-refractivity contribution in [3.63, 3.8) is 0 Å². The number of aryl methyl sites for hydroxylation is 3. The Morgan fingerprint density at radius 2 is 2.04 bits per heavy atom. The summed E-state index contributed by atoms with van der Waals surface area (Å²) in [6.07, 6.45) is 0. The van der Waals surface area contributed by atoms with Crippen LogP contribution in [0.15, 0.2) is 33.8 Å². The molecule has 0 fully saturated rings. The molecule has 1 atom stereocenters. The lowest BCUT2D eigenvalue weighted by Crippen LogP contribution is -2.41. The number of nitrogens with zero attached hydrogens (tertiary/aromatic N) is 3. The van der Waals surface area contributed by atoms with Gasteiger partial charge in [0.2, 0.25) is 0 Å². The van der Waals surface area contributed by atoms with Crippen LogP contribution < -0.4 is 10.1 Å². The highest BCUT2D eigenvalue weighted by Gasteiger charge is 2.16. The molecule has 0 amide bonds. The van der Waals surface area contributed by atoms with Crippen molar-refractivity contribution in [1.82, 2.24) is 15.4 Å². The third-order valence-electron chi connectivity index (χ3n) is 4.57. The minimum atomic E-state index is 0.251. The second-order valence-electron chi connectivity index (χ2n) is 6.87. The van der Waals surface area contributed by atoms with E-state index in [0.717, 1.165) is 47.4 Å². The molecule has 1 N–H and O–H groups in total. The van der Waals surface area contributed by atoms with Gasteiger partial charge in [0.15, 0.2) is 5.96 Å². The SMILES string of the molecule is CCNC(=NCC(C)c1c(C)noc1C)N(C)CCOc1ccccc1C. The zero-order valence-corrected chi connectivity index (χ0v) is 17.4. The zero-order chi connectivity index (χ0) is 19.8. The highest BCUT2D eigenvalue weighted by Crippen LogP contribution is 2.23. The van der Waals surface area contributed by atoms with Crippen molar-refractivity contribution in [2.75, 3.05) is 33.3 Å². The van der Waals surface area contributed by atoms with Crippen LogP contribution in [0.4, 0.5) is 0 Å². The summed E-state index contributed by atoms with van der Waals surface area (Å²) >= 11 is 0. The molecular weight excluding hydrogens is 340 g/mol. The van der Waals surface area contributed by atoms with Crippen molar-refractivity contribution in [1.29, 1.82) is 0 Å². The Balaban J connectivity index is 1.94. The summed E-state index contributed by atoms with van der Waals surface area (Å²) < 4.78 is 11.2. The summed E-state index contributed by atoms with van der Waals surface area (Å²) in [5, 5.41) is 7.40. The molecular formula is C21H32N4O2. The fraction of sp³-hybridized carbons (Fsp3) is 0.524. The summed E-state index contributed by atoms with van der Waals surface area (Å²) in [5.74, 6) is 2.94. The van der Waals surface area contributed by atoms with Crippen LogP contribution in [-0.4, -0.2) is 49.3 Å². The van der Waals surface area contributed by atoms with Crippen molar-refractivity contribution in [3.8, 4) is 5.75 Å². The Bertz CT molecular complexity index is 735. The lowest BCUT2D eigenvalue weighted by molar-refractivity contribution is 0.280. The standard InChI is InChI=1S/C21H32N4O2/c1-7-22-21(23-14-16(3)20-17(4)24-27-18(20)5)25(6)12-13-26-19-11-9-8-10-15(19)2/h8-11,16H,7,12-14H2,1-6H3,(H,22,23). The molecule has 2 aromatic rings. The quantitative estimate of drug-likeness (QED) is 0.566. The van der Waals surface area contributed by atoms with Crippen LogP contribution in [0.3, 0.4) is 0 Å². The number of ether oxygens (including phenoxy) is 1. The lowest BCUT2D eigenvalue weighted by Gasteiger charge is -2.23. The average molecular weight is 373 g/mol. The molecule has 2 rings (SSSR count). The molecule has 0 saturated carbocycles. The Kier molecular flexibility index (Phi) is 7.70. The molecule has 1 heterocycles. The summed E-state index contributed by atoms with van der Waals surface area (Å²) in [6.45, 7) is 13.1. The summed E-state index contributed by atoms with van der Waals surface area (Å²) in [5.41, 5.74) is 3.24. The van der Waals surface area contributed by atoms with Crippen molar-refractivity contribution < 1.29 is 9.26 Å². The number of rotatable bonds is 8. The van der Waals surface area contributed by atoms with E-state index in [4.69, 9.17) is 14.3 Å². The summed E-state index contributed by atoms with van der Waals surface area (Å²) in [6, 6.07) is 8.07. The van der Waals surface area contributed by atoms with Crippen LogP contribution in [-0.2, 0) is 0 Å². The van der Waals surface area contributed by atoms with E-state index in [1.165, 1.54) is 0 Å². The van der Waals surface area contributed by atoms with Gasteiger partial charge in [0.1, 0.15) is 18.1 Å². The summed E-state index contributed by atoms with van der Waals surface area (Å²) in [7, 11) is 2.03. The molecule has 1 unspecified atom stereocenters. The van der Waals surface area contributed by atoms with E-state index in [0.29, 0.717) is 13.2 Å². The number of aliphatic imine (C=N–C) groups is 1. The molecule has 6 heteroatoms. The van der Waals surface area contributed by atoms with Crippen LogP contribution in [0, 0.1) is 20.8 Å². The molecule has 0 radical (unpaired) electrons. The van der Waals surface area contributed by atoms with Gasteiger partial charge < -0.3 is 19.5 Å². The Hall–Kier alpha value is -2.50. The number of hydrogen-bond donors (Lipinski definition) is 1. The van der Waals surface area contributed by atoms with Gasteiger partial charge in [-0.05, 0) is 39.3 Å².